The summed E-state index contributed by atoms with van der Waals surface area (Å²) in [4.78, 5) is 0. The lowest BCUT2D eigenvalue weighted by Crippen LogP contribution is -2.21. The number of furan rings is 1. The Kier molecular flexibility index (Phi) is 5.57. The van der Waals surface area contributed by atoms with Gasteiger partial charge in [0.2, 0.25) is 0 Å². The molecular weight excluding hydrogens is 309 g/mol. The molecule has 3 nitrogen and oxygen atoms in total. The van der Waals surface area contributed by atoms with Crippen molar-refractivity contribution < 1.29 is 9.15 Å². The summed E-state index contributed by atoms with van der Waals surface area (Å²) in [5.74, 6) is 2.47. The molecule has 0 aliphatic rings. The maximum absolute atomic E-state index is 5.96. The Hall–Kier alpha value is -1.16. The Morgan fingerprint density at radius 2 is 1.95 bits per heavy atom. The van der Waals surface area contributed by atoms with Crippen molar-refractivity contribution >= 4 is 23.2 Å². The monoisotopic (exact) mass is 327 g/mol. The molecule has 0 spiro atoms. The van der Waals surface area contributed by atoms with Crippen molar-refractivity contribution in [3.63, 3.8) is 0 Å². The van der Waals surface area contributed by atoms with Crippen LogP contribution in [0.5, 0.6) is 5.75 Å². The van der Waals surface area contributed by atoms with E-state index in [0.717, 1.165) is 17.1 Å². The summed E-state index contributed by atoms with van der Waals surface area (Å²) >= 11 is 11.8. The molecule has 0 fully saturated rings. The number of nitrogens with one attached hydrogen (secondary N) is 1. The summed E-state index contributed by atoms with van der Waals surface area (Å²) in [6.07, 6.45) is 0. The number of halogens is 2. The second-order valence-electron chi connectivity index (χ2n) is 5.19. The summed E-state index contributed by atoms with van der Waals surface area (Å²) < 4.78 is 11.4. The van der Waals surface area contributed by atoms with E-state index in [1.54, 1.807) is 18.2 Å². The molecule has 0 aliphatic carbocycles. The predicted octanol–water partition coefficient (Wildman–Crippen LogP) is 4.97. The third kappa shape index (κ3) is 4.67. The highest BCUT2D eigenvalue weighted by molar-refractivity contribution is 6.42. The van der Waals surface area contributed by atoms with Crippen LogP contribution in [0.15, 0.2) is 28.7 Å². The Balaban J connectivity index is 1.97. The maximum Gasteiger partial charge on any atom is 0.121 e. The Morgan fingerprint density at radius 3 is 2.62 bits per heavy atom. The summed E-state index contributed by atoms with van der Waals surface area (Å²) in [6, 6.07) is 7.67. The number of rotatable bonds is 6. The van der Waals surface area contributed by atoms with E-state index in [-0.39, 0.29) is 0 Å². The van der Waals surface area contributed by atoms with Crippen LogP contribution in [0.4, 0.5) is 0 Å². The van der Waals surface area contributed by atoms with Crippen LogP contribution in [-0.4, -0.2) is 6.04 Å². The molecule has 1 aromatic heterocycles. The molecule has 2 aromatic rings. The average molecular weight is 328 g/mol. The first-order valence-corrected chi connectivity index (χ1v) is 7.60. The van der Waals surface area contributed by atoms with Gasteiger partial charge in [0.05, 0.1) is 16.6 Å². The summed E-state index contributed by atoms with van der Waals surface area (Å²) in [5.41, 5.74) is 1.03. The lowest BCUT2D eigenvalue weighted by molar-refractivity contribution is 0.303. The SMILES string of the molecule is Cc1oc(CNC(C)C)cc1COc1ccc(Cl)c(Cl)c1. The van der Waals surface area contributed by atoms with Gasteiger partial charge in [0.25, 0.3) is 0 Å². The molecule has 0 amide bonds. The van der Waals surface area contributed by atoms with Crippen LogP contribution < -0.4 is 10.1 Å². The molecule has 1 heterocycles. The van der Waals surface area contributed by atoms with Crippen LogP contribution >= 0.6 is 23.2 Å². The molecular formula is C16H19Cl2NO2. The van der Waals surface area contributed by atoms with Crippen LogP contribution in [0.2, 0.25) is 10.0 Å². The van der Waals surface area contributed by atoms with Gasteiger partial charge in [-0.25, -0.2) is 0 Å². The molecule has 0 aliphatic heterocycles. The highest BCUT2D eigenvalue weighted by atomic mass is 35.5. The van der Waals surface area contributed by atoms with E-state index in [0.29, 0.717) is 35.0 Å². The van der Waals surface area contributed by atoms with Gasteiger partial charge in [-0.15, -0.1) is 0 Å². The van der Waals surface area contributed by atoms with Gasteiger partial charge < -0.3 is 14.5 Å². The fraction of sp³-hybridized carbons (Fsp3) is 0.375. The van der Waals surface area contributed by atoms with Crippen LogP contribution in [0, 0.1) is 6.92 Å². The largest absolute Gasteiger partial charge is 0.489 e. The highest BCUT2D eigenvalue weighted by Crippen LogP contribution is 2.27. The lowest BCUT2D eigenvalue weighted by Gasteiger charge is -2.06. The van der Waals surface area contributed by atoms with E-state index in [9.17, 15) is 0 Å². The van der Waals surface area contributed by atoms with Gasteiger partial charge in [-0.3, -0.25) is 0 Å². The molecule has 1 aromatic carbocycles. The van der Waals surface area contributed by atoms with E-state index in [1.165, 1.54) is 0 Å². The van der Waals surface area contributed by atoms with Gasteiger partial charge in [0.1, 0.15) is 23.9 Å². The van der Waals surface area contributed by atoms with E-state index in [2.05, 4.69) is 19.2 Å². The quantitative estimate of drug-likeness (QED) is 0.813. The first-order valence-electron chi connectivity index (χ1n) is 6.85. The third-order valence-electron chi connectivity index (χ3n) is 3.04. The minimum atomic E-state index is 0.423. The molecule has 0 unspecified atom stereocenters. The second-order valence-corrected chi connectivity index (χ2v) is 6.01. The van der Waals surface area contributed by atoms with Crippen LogP contribution in [0.25, 0.3) is 0 Å². The zero-order chi connectivity index (χ0) is 15.4. The number of hydrogen-bond acceptors (Lipinski definition) is 3. The van der Waals surface area contributed by atoms with Crippen LogP contribution in [0.1, 0.15) is 30.9 Å². The van der Waals surface area contributed by atoms with Crippen LogP contribution in [-0.2, 0) is 13.2 Å². The topological polar surface area (TPSA) is 34.4 Å². The molecule has 0 saturated carbocycles. The minimum absolute atomic E-state index is 0.423. The minimum Gasteiger partial charge on any atom is -0.489 e. The summed E-state index contributed by atoms with van der Waals surface area (Å²) in [5, 5.41) is 4.33. The van der Waals surface area contributed by atoms with Gasteiger partial charge in [-0.05, 0) is 25.1 Å². The van der Waals surface area contributed by atoms with Gasteiger partial charge in [-0.1, -0.05) is 37.0 Å². The van der Waals surface area contributed by atoms with Gasteiger partial charge in [0.15, 0.2) is 0 Å². The normalized spacial score (nSPS) is 11.1. The first-order chi connectivity index (χ1) is 9.95. The molecule has 0 radical (unpaired) electrons. The Labute approximate surface area is 135 Å². The molecule has 0 saturated heterocycles. The highest BCUT2D eigenvalue weighted by Gasteiger charge is 2.09. The van der Waals surface area contributed by atoms with Gasteiger partial charge in [0, 0.05) is 17.7 Å². The number of benzene rings is 1. The van der Waals surface area contributed by atoms with Crippen molar-refractivity contribution in [3.05, 3.63) is 51.4 Å². The number of aryl methyl sites for hydroxylation is 1. The van der Waals surface area contributed by atoms with Crippen LogP contribution in [0.3, 0.4) is 0 Å². The van der Waals surface area contributed by atoms with Gasteiger partial charge in [-0.2, -0.15) is 0 Å². The summed E-state index contributed by atoms with van der Waals surface area (Å²) in [6.45, 7) is 7.29. The fourth-order valence-electron chi connectivity index (χ4n) is 1.85. The molecule has 114 valence electrons. The van der Waals surface area contributed by atoms with Crippen molar-refractivity contribution in [2.24, 2.45) is 0 Å². The molecule has 0 bridgehead atoms. The van der Waals surface area contributed by atoms with Crippen molar-refractivity contribution in [1.82, 2.24) is 5.32 Å². The molecule has 21 heavy (non-hydrogen) atoms. The van der Waals surface area contributed by atoms with Crippen molar-refractivity contribution in [3.8, 4) is 5.75 Å². The standard InChI is InChI=1S/C16H19Cl2NO2/c1-10(2)19-8-14-6-12(11(3)21-14)9-20-13-4-5-15(17)16(18)7-13/h4-7,10,19H,8-9H2,1-3H3. The number of hydrogen-bond donors (Lipinski definition) is 1. The average Bonchev–Trinajstić information content (AvgIpc) is 2.78. The third-order valence-corrected chi connectivity index (χ3v) is 3.78. The van der Waals surface area contributed by atoms with E-state index >= 15 is 0 Å². The zero-order valence-electron chi connectivity index (χ0n) is 12.4. The van der Waals surface area contributed by atoms with Crippen molar-refractivity contribution in [1.29, 1.82) is 0 Å². The first kappa shape index (κ1) is 16.2. The van der Waals surface area contributed by atoms with Gasteiger partial charge >= 0.3 is 0 Å². The van der Waals surface area contributed by atoms with E-state index in [1.807, 2.05) is 13.0 Å². The van der Waals surface area contributed by atoms with Crippen molar-refractivity contribution in [2.75, 3.05) is 0 Å². The molecule has 0 atom stereocenters. The lowest BCUT2D eigenvalue weighted by atomic mass is 10.2. The maximum atomic E-state index is 5.96. The van der Waals surface area contributed by atoms with E-state index < -0.39 is 0 Å². The second kappa shape index (κ2) is 7.21. The van der Waals surface area contributed by atoms with E-state index in [4.69, 9.17) is 32.4 Å². The zero-order valence-corrected chi connectivity index (χ0v) is 13.9. The Morgan fingerprint density at radius 1 is 1.19 bits per heavy atom. The smallest absolute Gasteiger partial charge is 0.121 e. The fourth-order valence-corrected chi connectivity index (χ4v) is 2.14. The molecule has 1 N–H and O–H groups in total. The molecule has 5 heteroatoms. The predicted molar refractivity (Wildman–Crippen MR) is 86.2 cm³/mol. The molecule has 2 rings (SSSR count). The van der Waals surface area contributed by atoms with Crippen molar-refractivity contribution in [2.45, 2.75) is 40.0 Å². The summed E-state index contributed by atoms with van der Waals surface area (Å²) in [7, 11) is 0. The number of ether oxygens (including phenoxy) is 1. The Bertz CT molecular complexity index is 608.